The molecule has 110 valence electrons. The fourth-order valence-electron chi connectivity index (χ4n) is 2.45. The van der Waals surface area contributed by atoms with E-state index in [0.717, 1.165) is 38.4 Å². The number of aromatic nitrogens is 1. The second-order valence-electron chi connectivity index (χ2n) is 5.13. The molecule has 1 fully saturated rings. The Hall–Kier alpha value is -1.50. The Morgan fingerprint density at radius 1 is 1.30 bits per heavy atom. The van der Waals surface area contributed by atoms with Crippen LogP contribution in [0.15, 0.2) is 18.3 Å². The molecule has 1 aliphatic rings. The summed E-state index contributed by atoms with van der Waals surface area (Å²) in [6, 6.07) is 3.65. The van der Waals surface area contributed by atoms with Crippen molar-refractivity contribution >= 4 is 5.91 Å². The molecule has 3 N–H and O–H groups in total. The average molecular weight is 277 g/mol. The van der Waals surface area contributed by atoms with Gasteiger partial charge in [-0.15, -0.1) is 0 Å². The lowest BCUT2D eigenvalue weighted by Gasteiger charge is -2.34. The van der Waals surface area contributed by atoms with Crippen LogP contribution >= 0.6 is 0 Å². The summed E-state index contributed by atoms with van der Waals surface area (Å²) in [5.41, 5.74) is 3.58. The van der Waals surface area contributed by atoms with E-state index in [1.54, 1.807) is 12.3 Å². The van der Waals surface area contributed by atoms with Gasteiger partial charge in [-0.1, -0.05) is 6.92 Å². The van der Waals surface area contributed by atoms with E-state index in [2.05, 4.69) is 27.1 Å². The predicted molar refractivity (Wildman–Crippen MR) is 77.9 cm³/mol. The van der Waals surface area contributed by atoms with E-state index in [-0.39, 0.29) is 5.91 Å². The Morgan fingerprint density at radius 3 is 2.55 bits per heavy atom. The standard InChI is InChI=1S/C14H23N5O/c1-2-5-18-6-8-19(9-7-18)11-13-4-3-12(10-16-13)14(20)17-15/h3-4,10H,2,5-9,11,15H2,1H3,(H,17,20). The number of hydrogen-bond acceptors (Lipinski definition) is 5. The fourth-order valence-corrected chi connectivity index (χ4v) is 2.45. The maximum absolute atomic E-state index is 11.3. The van der Waals surface area contributed by atoms with Crippen molar-refractivity contribution < 1.29 is 4.79 Å². The second-order valence-corrected chi connectivity index (χ2v) is 5.13. The SMILES string of the molecule is CCCN1CCN(Cc2ccc(C(=O)NN)cn2)CC1. The van der Waals surface area contributed by atoms with E-state index in [4.69, 9.17) is 5.84 Å². The summed E-state index contributed by atoms with van der Waals surface area (Å²) < 4.78 is 0. The first-order valence-corrected chi connectivity index (χ1v) is 7.13. The Balaban J connectivity index is 1.84. The molecule has 0 atom stereocenters. The van der Waals surface area contributed by atoms with Crippen LogP contribution in [0.1, 0.15) is 29.4 Å². The van der Waals surface area contributed by atoms with Crippen LogP contribution in [0.4, 0.5) is 0 Å². The molecule has 6 heteroatoms. The van der Waals surface area contributed by atoms with Crippen molar-refractivity contribution in [1.82, 2.24) is 20.2 Å². The van der Waals surface area contributed by atoms with Crippen LogP contribution < -0.4 is 11.3 Å². The summed E-state index contributed by atoms with van der Waals surface area (Å²) in [7, 11) is 0. The molecule has 1 aliphatic heterocycles. The van der Waals surface area contributed by atoms with Gasteiger partial charge in [0.05, 0.1) is 11.3 Å². The number of hydrazine groups is 1. The number of nitrogens with zero attached hydrogens (tertiary/aromatic N) is 3. The quantitative estimate of drug-likeness (QED) is 0.457. The maximum atomic E-state index is 11.3. The summed E-state index contributed by atoms with van der Waals surface area (Å²) in [5.74, 6) is 4.78. The zero-order chi connectivity index (χ0) is 14.4. The van der Waals surface area contributed by atoms with Crippen molar-refractivity contribution in [3.8, 4) is 0 Å². The lowest BCUT2D eigenvalue weighted by Crippen LogP contribution is -2.46. The minimum Gasteiger partial charge on any atom is -0.301 e. The maximum Gasteiger partial charge on any atom is 0.266 e. The molecule has 0 aliphatic carbocycles. The van der Waals surface area contributed by atoms with E-state index >= 15 is 0 Å². The molecule has 2 heterocycles. The monoisotopic (exact) mass is 277 g/mol. The minimum absolute atomic E-state index is 0.308. The third-order valence-corrected chi connectivity index (χ3v) is 3.61. The highest BCUT2D eigenvalue weighted by Crippen LogP contribution is 2.08. The number of nitrogens with two attached hydrogens (primary N) is 1. The second kappa shape index (κ2) is 7.33. The Kier molecular flexibility index (Phi) is 5.46. The minimum atomic E-state index is -0.308. The predicted octanol–water partition coefficient (Wildman–Crippen LogP) is 0.213. The first-order valence-electron chi connectivity index (χ1n) is 7.13. The third kappa shape index (κ3) is 4.00. The number of piperazine rings is 1. The van der Waals surface area contributed by atoms with Crippen molar-refractivity contribution in [3.05, 3.63) is 29.6 Å². The molecule has 0 spiro atoms. The summed E-state index contributed by atoms with van der Waals surface area (Å²) >= 11 is 0. The molecule has 0 aromatic carbocycles. The van der Waals surface area contributed by atoms with Crippen LogP contribution in [-0.2, 0) is 6.54 Å². The van der Waals surface area contributed by atoms with Gasteiger partial charge in [-0.2, -0.15) is 0 Å². The van der Waals surface area contributed by atoms with Gasteiger partial charge in [0.2, 0.25) is 0 Å². The van der Waals surface area contributed by atoms with Crippen molar-refractivity contribution in [2.24, 2.45) is 5.84 Å². The summed E-state index contributed by atoms with van der Waals surface area (Å²) in [5, 5.41) is 0. The molecular formula is C14H23N5O. The first-order chi connectivity index (χ1) is 9.72. The molecular weight excluding hydrogens is 254 g/mol. The molecule has 20 heavy (non-hydrogen) atoms. The number of nitrogens with one attached hydrogen (secondary N) is 1. The molecule has 0 saturated carbocycles. The molecule has 6 nitrogen and oxygen atoms in total. The van der Waals surface area contributed by atoms with E-state index in [0.29, 0.717) is 5.56 Å². The van der Waals surface area contributed by atoms with Crippen molar-refractivity contribution in [3.63, 3.8) is 0 Å². The number of nitrogen functional groups attached to an aromatic ring is 1. The highest BCUT2D eigenvalue weighted by molar-refractivity contribution is 5.93. The van der Waals surface area contributed by atoms with Gasteiger partial charge in [-0.05, 0) is 25.1 Å². The van der Waals surface area contributed by atoms with E-state index in [1.165, 1.54) is 13.0 Å². The van der Waals surface area contributed by atoms with Gasteiger partial charge >= 0.3 is 0 Å². The summed E-state index contributed by atoms with van der Waals surface area (Å²) in [6.07, 6.45) is 2.79. The van der Waals surface area contributed by atoms with Crippen molar-refractivity contribution in [2.75, 3.05) is 32.7 Å². The first kappa shape index (κ1) is 14.9. The number of carbonyl (C=O) groups excluding carboxylic acids is 1. The van der Waals surface area contributed by atoms with Crippen LogP contribution in [0, 0.1) is 0 Å². The van der Waals surface area contributed by atoms with Crippen molar-refractivity contribution in [2.45, 2.75) is 19.9 Å². The highest BCUT2D eigenvalue weighted by atomic mass is 16.2. The number of hydrogen-bond donors (Lipinski definition) is 2. The smallest absolute Gasteiger partial charge is 0.266 e. The van der Waals surface area contributed by atoms with E-state index < -0.39 is 0 Å². The third-order valence-electron chi connectivity index (χ3n) is 3.61. The topological polar surface area (TPSA) is 74.5 Å². The van der Waals surface area contributed by atoms with Crippen LogP contribution in [0.5, 0.6) is 0 Å². The molecule has 0 unspecified atom stereocenters. The normalized spacial score (nSPS) is 17.1. The van der Waals surface area contributed by atoms with Gasteiger partial charge in [0.25, 0.3) is 5.91 Å². The molecule has 0 radical (unpaired) electrons. The Morgan fingerprint density at radius 2 is 2.00 bits per heavy atom. The summed E-state index contributed by atoms with van der Waals surface area (Å²) in [6.45, 7) is 8.65. The van der Waals surface area contributed by atoms with Gasteiger partial charge < -0.3 is 4.90 Å². The lowest BCUT2D eigenvalue weighted by atomic mass is 10.2. The van der Waals surface area contributed by atoms with Gasteiger partial charge in [0.1, 0.15) is 0 Å². The lowest BCUT2D eigenvalue weighted by molar-refractivity contribution is 0.0953. The van der Waals surface area contributed by atoms with Gasteiger partial charge in [0, 0.05) is 38.9 Å². The van der Waals surface area contributed by atoms with Crippen LogP contribution in [0.2, 0.25) is 0 Å². The Bertz CT molecular complexity index is 426. The van der Waals surface area contributed by atoms with Crippen molar-refractivity contribution in [1.29, 1.82) is 0 Å². The molecule has 2 rings (SSSR count). The zero-order valence-electron chi connectivity index (χ0n) is 12.0. The average Bonchev–Trinajstić information content (AvgIpc) is 2.49. The van der Waals surface area contributed by atoms with Gasteiger partial charge in [-0.3, -0.25) is 20.1 Å². The van der Waals surface area contributed by atoms with Crippen LogP contribution in [0.25, 0.3) is 0 Å². The molecule has 0 bridgehead atoms. The summed E-state index contributed by atoms with van der Waals surface area (Å²) in [4.78, 5) is 20.5. The largest absolute Gasteiger partial charge is 0.301 e. The number of pyridine rings is 1. The zero-order valence-corrected chi connectivity index (χ0v) is 12.0. The molecule has 1 amide bonds. The molecule has 1 aromatic heterocycles. The molecule has 1 saturated heterocycles. The van der Waals surface area contributed by atoms with Crippen LogP contribution in [0.3, 0.4) is 0 Å². The number of amides is 1. The van der Waals surface area contributed by atoms with E-state index in [1.807, 2.05) is 6.07 Å². The van der Waals surface area contributed by atoms with Gasteiger partial charge in [0.15, 0.2) is 0 Å². The Labute approximate surface area is 119 Å². The van der Waals surface area contributed by atoms with Crippen LogP contribution in [-0.4, -0.2) is 53.4 Å². The fraction of sp³-hybridized carbons (Fsp3) is 0.571. The van der Waals surface area contributed by atoms with Gasteiger partial charge in [-0.25, -0.2) is 5.84 Å². The number of rotatable bonds is 5. The van der Waals surface area contributed by atoms with E-state index in [9.17, 15) is 4.79 Å². The number of carbonyl (C=O) groups is 1. The highest BCUT2D eigenvalue weighted by Gasteiger charge is 2.16. The molecule has 1 aromatic rings.